The second-order valence-electron chi connectivity index (χ2n) is 4.42. The summed E-state index contributed by atoms with van der Waals surface area (Å²) in [7, 11) is 1.90. The summed E-state index contributed by atoms with van der Waals surface area (Å²) in [4.78, 5) is 0. The van der Waals surface area contributed by atoms with Crippen LogP contribution in [0.3, 0.4) is 0 Å². The lowest BCUT2D eigenvalue weighted by atomic mass is 10.1. The SMILES string of the molecule is Cn1cc(CCOc2ccc(CCN)cc2Cl)cn1. The van der Waals surface area contributed by atoms with Crippen LogP contribution in [0, 0.1) is 0 Å². The highest BCUT2D eigenvalue weighted by Gasteiger charge is 2.04. The molecule has 2 rings (SSSR count). The van der Waals surface area contributed by atoms with Crippen LogP contribution in [0.25, 0.3) is 0 Å². The fraction of sp³-hybridized carbons (Fsp3) is 0.357. The van der Waals surface area contributed by atoms with Crippen LogP contribution in [0.5, 0.6) is 5.75 Å². The number of aryl methyl sites for hydroxylation is 1. The molecule has 5 heteroatoms. The van der Waals surface area contributed by atoms with Crippen molar-refractivity contribution < 1.29 is 4.74 Å². The van der Waals surface area contributed by atoms with Crippen molar-refractivity contribution in [1.29, 1.82) is 0 Å². The molecule has 0 saturated carbocycles. The first-order chi connectivity index (χ1) is 9.19. The van der Waals surface area contributed by atoms with Gasteiger partial charge in [0, 0.05) is 19.7 Å². The van der Waals surface area contributed by atoms with Gasteiger partial charge in [-0.2, -0.15) is 5.10 Å². The molecular weight excluding hydrogens is 262 g/mol. The van der Waals surface area contributed by atoms with E-state index in [-0.39, 0.29) is 0 Å². The quantitative estimate of drug-likeness (QED) is 0.882. The Morgan fingerprint density at radius 3 is 2.79 bits per heavy atom. The molecule has 19 heavy (non-hydrogen) atoms. The van der Waals surface area contributed by atoms with E-state index in [0.717, 1.165) is 24.0 Å². The maximum atomic E-state index is 6.17. The van der Waals surface area contributed by atoms with Gasteiger partial charge in [-0.05, 0) is 36.2 Å². The summed E-state index contributed by atoms with van der Waals surface area (Å²) in [5, 5.41) is 4.75. The van der Waals surface area contributed by atoms with Crippen molar-refractivity contribution in [2.24, 2.45) is 12.8 Å². The first-order valence-corrected chi connectivity index (χ1v) is 6.65. The molecule has 0 aliphatic carbocycles. The molecule has 0 amide bonds. The van der Waals surface area contributed by atoms with Crippen molar-refractivity contribution in [2.45, 2.75) is 12.8 Å². The third-order valence-electron chi connectivity index (χ3n) is 2.84. The Hall–Kier alpha value is -1.52. The second kappa shape index (κ2) is 6.59. The molecule has 2 N–H and O–H groups in total. The van der Waals surface area contributed by atoms with Crippen molar-refractivity contribution in [3.05, 3.63) is 46.7 Å². The van der Waals surface area contributed by atoms with Gasteiger partial charge < -0.3 is 10.5 Å². The van der Waals surface area contributed by atoms with E-state index in [1.54, 1.807) is 4.68 Å². The topological polar surface area (TPSA) is 53.1 Å². The van der Waals surface area contributed by atoms with Gasteiger partial charge in [0.05, 0.1) is 17.8 Å². The lowest BCUT2D eigenvalue weighted by Gasteiger charge is -2.08. The molecule has 0 aliphatic heterocycles. The van der Waals surface area contributed by atoms with Crippen molar-refractivity contribution in [3.63, 3.8) is 0 Å². The highest BCUT2D eigenvalue weighted by molar-refractivity contribution is 6.32. The van der Waals surface area contributed by atoms with E-state index in [1.165, 1.54) is 0 Å². The van der Waals surface area contributed by atoms with E-state index in [0.29, 0.717) is 23.9 Å². The average Bonchev–Trinajstić information content (AvgIpc) is 2.78. The zero-order chi connectivity index (χ0) is 13.7. The average molecular weight is 280 g/mol. The fourth-order valence-corrected chi connectivity index (χ4v) is 2.12. The van der Waals surface area contributed by atoms with Gasteiger partial charge in [-0.25, -0.2) is 0 Å². The Balaban J connectivity index is 1.89. The van der Waals surface area contributed by atoms with E-state index in [1.807, 2.05) is 37.6 Å². The minimum Gasteiger partial charge on any atom is -0.492 e. The standard InChI is InChI=1S/C14H18ClN3O/c1-18-10-12(9-17-18)5-7-19-14-3-2-11(4-6-16)8-13(14)15/h2-3,8-10H,4-7,16H2,1H3. The zero-order valence-electron chi connectivity index (χ0n) is 11.0. The number of rotatable bonds is 6. The smallest absolute Gasteiger partial charge is 0.137 e. The molecule has 0 unspecified atom stereocenters. The molecule has 2 aromatic rings. The summed E-state index contributed by atoms with van der Waals surface area (Å²) in [6, 6.07) is 5.81. The summed E-state index contributed by atoms with van der Waals surface area (Å²) in [5.41, 5.74) is 7.80. The molecule has 102 valence electrons. The van der Waals surface area contributed by atoms with Crippen LogP contribution in [-0.2, 0) is 19.9 Å². The van der Waals surface area contributed by atoms with Crippen molar-refractivity contribution >= 4 is 11.6 Å². The van der Waals surface area contributed by atoms with Crippen LogP contribution >= 0.6 is 11.6 Å². The van der Waals surface area contributed by atoms with Crippen LogP contribution in [0.4, 0.5) is 0 Å². The zero-order valence-corrected chi connectivity index (χ0v) is 11.7. The number of halogens is 1. The number of nitrogens with zero attached hydrogens (tertiary/aromatic N) is 2. The first-order valence-electron chi connectivity index (χ1n) is 6.28. The number of aromatic nitrogens is 2. The molecular formula is C14H18ClN3O. The molecule has 4 nitrogen and oxygen atoms in total. The fourth-order valence-electron chi connectivity index (χ4n) is 1.86. The molecule has 0 bridgehead atoms. The molecule has 0 radical (unpaired) electrons. The predicted molar refractivity (Wildman–Crippen MR) is 76.6 cm³/mol. The van der Waals surface area contributed by atoms with Crippen LogP contribution in [0.1, 0.15) is 11.1 Å². The molecule has 1 aromatic heterocycles. The van der Waals surface area contributed by atoms with Crippen molar-refractivity contribution in [1.82, 2.24) is 9.78 Å². The van der Waals surface area contributed by atoms with Crippen LogP contribution < -0.4 is 10.5 Å². The number of benzene rings is 1. The van der Waals surface area contributed by atoms with Crippen molar-refractivity contribution in [2.75, 3.05) is 13.2 Å². The summed E-state index contributed by atoms with van der Waals surface area (Å²) in [5.74, 6) is 0.714. The van der Waals surface area contributed by atoms with E-state index in [4.69, 9.17) is 22.1 Å². The first kappa shape index (κ1) is 13.9. The maximum absolute atomic E-state index is 6.17. The normalized spacial score (nSPS) is 10.7. The lowest BCUT2D eigenvalue weighted by molar-refractivity contribution is 0.322. The minimum atomic E-state index is 0.585. The van der Waals surface area contributed by atoms with Crippen molar-refractivity contribution in [3.8, 4) is 5.75 Å². The van der Waals surface area contributed by atoms with Gasteiger partial charge in [0.15, 0.2) is 0 Å². The maximum Gasteiger partial charge on any atom is 0.137 e. The molecule has 1 aromatic carbocycles. The molecule has 0 atom stereocenters. The highest BCUT2D eigenvalue weighted by atomic mass is 35.5. The summed E-state index contributed by atoms with van der Waals surface area (Å²) < 4.78 is 7.46. The van der Waals surface area contributed by atoms with Gasteiger partial charge in [0.1, 0.15) is 5.75 Å². The number of hydrogen-bond acceptors (Lipinski definition) is 3. The van der Waals surface area contributed by atoms with Crippen LogP contribution in [0.2, 0.25) is 5.02 Å². The molecule has 0 fully saturated rings. The van der Waals surface area contributed by atoms with Gasteiger partial charge in [0.25, 0.3) is 0 Å². The molecule has 1 heterocycles. The number of hydrogen-bond donors (Lipinski definition) is 1. The highest BCUT2D eigenvalue weighted by Crippen LogP contribution is 2.25. The van der Waals surface area contributed by atoms with Gasteiger partial charge in [-0.15, -0.1) is 0 Å². The monoisotopic (exact) mass is 279 g/mol. The largest absolute Gasteiger partial charge is 0.492 e. The summed E-state index contributed by atoms with van der Waals surface area (Å²) in [6.07, 6.45) is 5.47. The third-order valence-corrected chi connectivity index (χ3v) is 3.13. The van der Waals surface area contributed by atoms with E-state index in [2.05, 4.69) is 5.10 Å². The Labute approximate surface area is 118 Å². The lowest BCUT2D eigenvalue weighted by Crippen LogP contribution is -2.04. The Morgan fingerprint density at radius 2 is 2.16 bits per heavy atom. The molecule has 0 aliphatic rings. The summed E-state index contributed by atoms with van der Waals surface area (Å²) in [6.45, 7) is 1.21. The molecule has 0 spiro atoms. The second-order valence-corrected chi connectivity index (χ2v) is 4.83. The van der Waals surface area contributed by atoms with Gasteiger partial charge in [-0.3, -0.25) is 4.68 Å². The Morgan fingerprint density at radius 1 is 1.32 bits per heavy atom. The summed E-state index contributed by atoms with van der Waals surface area (Å²) >= 11 is 6.17. The number of ether oxygens (including phenoxy) is 1. The van der Waals surface area contributed by atoms with Gasteiger partial charge in [0.2, 0.25) is 0 Å². The minimum absolute atomic E-state index is 0.585. The predicted octanol–water partition coefficient (Wildman–Crippen LogP) is 2.20. The third kappa shape index (κ3) is 3.98. The van der Waals surface area contributed by atoms with E-state index < -0.39 is 0 Å². The van der Waals surface area contributed by atoms with Crippen LogP contribution in [-0.4, -0.2) is 22.9 Å². The van der Waals surface area contributed by atoms with Gasteiger partial charge in [-0.1, -0.05) is 17.7 Å². The molecule has 0 saturated heterocycles. The van der Waals surface area contributed by atoms with E-state index in [9.17, 15) is 0 Å². The Bertz CT molecular complexity index is 539. The number of nitrogens with two attached hydrogens (primary N) is 1. The van der Waals surface area contributed by atoms with E-state index >= 15 is 0 Å². The van der Waals surface area contributed by atoms with Crippen LogP contribution in [0.15, 0.2) is 30.6 Å². The van der Waals surface area contributed by atoms with Gasteiger partial charge >= 0.3 is 0 Å². The Kier molecular flexibility index (Phi) is 4.82.